The molecule has 5 nitrogen and oxygen atoms in total. The Hall–Kier alpha value is -1.46. The van der Waals surface area contributed by atoms with Crippen LogP contribution in [0.2, 0.25) is 5.02 Å². The predicted molar refractivity (Wildman–Crippen MR) is 75.2 cm³/mol. The number of halogens is 1. The summed E-state index contributed by atoms with van der Waals surface area (Å²) in [5.74, 6) is 1.10. The molecule has 0 saturated carbocycles. The van der Waals surface area contributed by atoms with E-state index in [1.807, 2.05) is 24.1 Å². The number of hydrogen-bond acceptors (Lipinski definition) is 5. The first-order valence-corrected chi connectivity index (χ1v) is 6.90. The van der Waals surface area contributed by atoms with Crippen molar-refractivity contribution in [3.63, 3.8) is 0 Å². The molecule has 1 aliphatic rings. The van der Waals surface area contributed by atoms with Gasteiger partial charge in [0.25, 0.3) is 0 Å². The molecular weight excluding hydrogens is 282 g/mol. The van der Waals surface area contributed by atoms with E-state index in [4.69, 9.17) is 25.8 Å². The quantitative estimate of drug-likeness (QED) is 0.755. The zero-order chi connectivity index (χ0) is 14.5. The average Bonchev–Trinajstić information content (AvgIpc) is 2.85. The molecule has 6 heteroatoms. The van der Waals surface area contributed by atoms with Crippen molar-refractivity contribution in [1.29, 1.82) is 0 Å². The van der Waals surface area contributed by atoms with Gasteiger partial charge in [0, 0.05) is 13.1 Å². The molecule has 0 fully saturated rings. The summed E-state index contributed by atoms with van der Waals surface area (Å²) in [5.41, 5.74) is 1.02. The number of ether oxygens (including phenoxy) is 3. The van der Waals surface area contributed by atoms with Gasteiger partial charge in [0.15, 0.2) is 11.5 Å². The van der Waals surface area contributed by atoms with E-state index in [1.54, 1.807) is 6.92 Å². The van der Waals surface area contributed by atoms with Crippen molar-refractivity contribution in [3.8, 4) is 11.5 Å². The van der Waals surface area contributed by atoms with Crippen molar-refractivity contribution in [2.24, 2.45) is 0 Å². The topological polar surface area (TPSA) is 48.0 Å². The summed E-state index contributed by atoms with van der Waals surface area (Å²) in [4.78, 5) is 13.3. The summed E-state index contributed by atoms with van der Waals surface area (Å²) in [7, 11) is 1.94. The molecule has 0 atom stereocenters. The van der Waals surface area contributed by atoms with Crippen LogP contribution < -0.4 is 9.47 Å². The van der Waals surface area contributed by atoms with E-state index in [-0.39, 0.29) is 12.8 Å². The van der Waals surface area contributed by atoms with Crippen LogP contribution in [0.3, 0.4) is 0 Å². The van der Waals surface area contributed by atoms with E-state index in [1.165, 1.54) is 0 Å². The number of rotatable bonds is 6. The van der Waals surface area contributed by atoms with Crippen molar-refractivity contribution >= 4 is 17.6 Å². The number of carbonyl (C=O) groups is 1. The Kier molecular flexibility index (Phi) is 5.09. The third kappa shape index (κ3) is 3.77. The monoisotopic (exact) mass is 299 g/mol. The van der Waals surface area contributed by atoms with Gasteiger partial charge in [-0.05, 0) is 31.7 Å². The minimum atomic E-state index is -0.178. The number of esters is 1. The SMILES string of the molecule is CCOC(=O)CCN(C)Cc1cc(Cl)c2c(c1)OCO2. The Labute approximate surface area is 123 Å². The van der Waals surface area contributed by atoms with Gasteiger partial charge in [0.2, 0.25) is 6.79 Å². The van der Waals surface area contributed by atoms with E-state index in [9.17, 15) is 4.79 Å². The second-order valence-corrected chi connectivity index (χ2v) is 5.01. The average molecular weight is 300 g/mol. The minimum absolute atomic E-state index is 0.178. The van der Waals surface area contributed by atoms with Gasteiger partial charge in [-0.15, -0.1) is 0 Å². The van der Waals surface area contributed by atoms with Gasteiger partial charge in [-0.3, -0.25) is 4.79 Å². The van der Waals surface area contributed by atoms with Crippen LogP contribution in [0.15, 0.2) is 12.1 Å². The zero-order valence-corrected chi connectivity index (χ0v) is 12.4. The standard InChI is InChI=1S/C14H18ClNO4/c1-3-18-13(17)4-5-16(2)8-10-6-11(15)14-12(7-10)19-9-20-14/h6-7H,3-5,8-9H2,1-2H3. The lowest BCUT2D eigenvalue weighted by molar-refractivity contribution is -0.143. The summed E-state index contributed by atoms with van der Waals surface area (Å²) in [6.45, 7) is 3.73. The van der Waals surface area contributed by atoms with Crippen molar-refractivity contribution in [2.45, 2.75) is 19.9 Å². The third-order valence-corrected chi connectivity index (χ3v) is 3.22. The van der Waals surface area contributed by atoms with E-state index in [0.717, 1.165) is 5.56 Å². The van der Waals surface area contributed by atoms with Crippen LogP contribution in [-0.4, -0.2) is 37.9 Å². The van der Waals surface area contributed by atoms with Crippen LogP contribution in [0.1, 0.15) is 18.9 Å². The Bertz CT molecular complexity index is 492. The van der Waals surface area contributed by atoms with Crippen LogP contribution in [0.4, 0.5) is 0 Å². The molecule has 0 radical (unpaired) electrons. The van der Waals surface area contributed by atoms with Crippen molar-refractivity contribution < 1.29 is 19.0 Å². The molecule has 1 heterocycles. The van der Waals surface area contributed by atoms with Gasteiger partial charge in [-0.25, -0.2) is 0 Å². The largest absolute Gasteiger partial charge is 0.466 e. The smallest absolute Gasteiger partial charge is 0.307 e. The Morgan fingerprint density at radius 2 is 2.25 bits per heavy atom. The first-order valence-electron chi connectivity index (χ1n) is 6.52. The highest BCUT2D eigenvalue weighted by atomic mass is 35.5. The molecule has 1 aromatic carbocycles. The molecule has 0 spiro atoms. The molecule has 0 unspecified atom stereocenters. The molecule has 110 valence electrons. The zero-order valence-electron chi connectivity index (χ0n) is 11.6. The summed E-state index contributed by atoms with van der Waals surface area (Å²) >= 11 is 6.13. The number of hydrogen-bond donors (Lipinski definition) is 0. The highest BCUT2D eigenvalue weighted by Gasteiger charge is 2.18. The van der Waals surface area contributed by atoms with Gasteiger partial charge in [-0.1, -0.05) is 11.6 Å². The van der Waals surface area contributed by atoms with Crippen LogP contribution in [-0.2, 0) is 16.1 Å². The Morgan fingerprint density at radius 3 is 3.00 bits per heavy atom. The van der Waals surface area contributed by atoms with Crippen LogP contribution in [0.5, 0.6) is 11.5 Å². The van der Waals surface area contributed by atoms with E-state index in [0.29, 0.717) is 42.6 Å². The summed E-state index contributed by atoms with van der Waals surface area (Å²) in [6, 6.07) is 3.77. The highest BCUT2D eigenvalue weighted by Crippen LogP contribution is 2.39. The first-order chi connectivity index (χ1) is 9.60. The summed E-state index contributed by atoms with van der Waals surface area (Å²) in [5, 5.41) is 0.550. The van der Waals surface area contributed by atoms with Crippen LogP contribution in [0, 0.1) is 0 Å². The maximum absolute atomic E-state index is 11.3. The second kappa shape index (κ2) is 6.81. The minimum Gasteiger partial charge on any atom is -0.466 e. The lowest BCUT2D eigenvalue weighted by Gasteiger charge is -2.16. The third-order valence-electron chi connectivity index (χ3n) is 2.94. The molecule has 2 rings (SSSR count). The highest BCUT2D eigenvalue weighted by molar-refractivity contribution is 6.32. The molecule has 0 saturated heterocycles. The first kappa shape index (κ1) is 14.9. The molecule has 0 bridgehead atoms. The fraction of sp³-hybridized carbons (Fsp3) is 0.500. The maximum Gasteiger partial charge on any atom is 0.307 e. The predicted octanol–water partition coefficient (Wildman–Crippen LogP) is 2.45. The molecular formula is C14H18ClNO4. The number of benzene rings is 1. The number of fused-ring (bicyclic) bond motifs is 1. The van der Waals surface area contributed by atoms with Gasteiger partial charge in [0.1, 0.15) is 0 Å². The molecule has 0 aliphatic carbocycles. The normalized spacial score (nSPS) is 12.8. The summed E-state index contributed by atoms with van der Waals surface area (Å²) in [6.07, 6.45) is 0.378. The van der Waals surface area contributed by atoms with Gasteiger partial charge in [-0.2, -0.15) is 0 Å². The van der Waals surface area contributed by atoms with Crippen LogP contribution >= 0.6 is 11.6 Å². The molecule has 1 aromatic rings. The Balaban J connectivity index is 1.90. The number of nitrogens with zero attached hydrogens (tertiary/aromatic N) is 1. The molecule has 1 aliphatic heterocycles. The van der Waals surface area contributed by atoms with Crippen molar-refractivity contribution in [3.05, 3.63) is 22.7 Å². The lowest BCUT2D eigenvalue weighted by atomic mass is 10.2. The van der Waals surface area contributed by atoms with Gasteiger partial charge in [0.05, 0.1) is 18.1 Å². The fourth-order valence-corrected chi connectivity index (χ4v) is 2.31. The van der Waals surface area contributed by atoms with Gasteiger partial charge >= 0.3 is 5.97 Å². The second-order valence-electron chi connectivity index (χ2n) is 4.60. The van der Waals surface area contributed by atoms with Gasteiger partial charge < -0.3 is 19.1 Å². The van der Waals surface area contributed by atoms with E-state index < -0.39 is 0 Å². The Morgan fingerprint density at radius 1 is 1.45 bits per heavy atom. The van der Waals surface area contributed by atoms with Crippen LogP contribution in [0.25, 0.3) is 0 Å². The van der Waals surface area contributed by atoms with E-state index >= 15 is 0 Å². The molecule has 0 amide bonds. The van der Waals surface area contributed by atoms with E-state index in [2.05, 4.69) is 0 Å². The maximum atomic E-state index is 11.3. The van der Waals surface area contributed by atoms with Crippen molar-refractivity contribution in [2.75, 3.05) is 27.0 Å². The molecule has 0 aromatic heterocycles. The molecule has 0 N–H and O–H groups in total. The fourth-order valence-electron chi connectivity index (χ4n) is 2.02. The lowest BCUT2D eigenvalue weighted by Crippen LogP contribution is -2.22. The summed E-state index contributed by atoms with van der Waals surface area (Å²) < 4.78 is 15.5. The van der Waals surface area contributed by atoms with Crippen molar-refractivity contribution in [1.82, 2.24) is 4.90 Å². The number of carbonyl (C=O) groups excluding carboxylic acids is 1. The molecule has 20 heavy (non-hydrogen) atoms.